The number of unbranched alkanes of at least 4 members (excludes halogenated alkanes) is 7. The molecule has 1 unspecified atom stereocenters. The number of rotatable bonds is 16. The van der Waals surface area contributed by atoms with Gasteiger partial charge in [-0.2, -0.15) is 0 Å². The van der Waals surface area contributed by atoms with Gasteiger partial charge in [0, 0.05) is 6.61 Å². The van der Waals surface area contributed by atoms with E-state index in [4.69, 9.17) is 14.2 Å². The molecule has 0 aliphatic heterocycles. The average molecular weight is 441 g/mol. The van der Waals surface area contributed by atoms with Gasteiger partial charge in [0.05, 0.1) is 18.3 Å². The topological polar surface area (TPSA) is 44.8 Å². The van der Waals surface area contributed by atoms with Crippen molar-refractivity contribution < 1.29 is 19.0 Å². The van der Waals surface area contributed by atoms with Gasteiger partial charge >= 0.3 is 5.97 Å². The SMILES string of the molecule is CCCCCCCCOc1ccc(C(=O)Oc2ccc(C(C)OCCCCC)cc2)cc1. The normalized spacial score (nSPS) is 11.8. The first-order valence-electron chi connectivity index (χ1n) is 12.3. The lowest BCUT2D eigenvalue weighted by Gasteiger charge is -2.14. The number of hydrogen-bond acceptors (Lipinski definition) is 4. The maximum Gasteiger partial charge on any atom is 0.343 e. The number of benzene rings is 2. The lowest BCUT2D eigenvalue weighted by molar-refractivity contribution is 0.0629. The van der Waals surface area contributed by atoms with Crippen molar-refractivity contribution in [2.24, 2.45) is 0 Å². The number of carbonyl (C=O) groups excluding carboxylic acids is 1. The molecule has 176 valence electrons. The highest BCUT2D eigenvalue weighted by atomic mass is 16.5. The zero-order chi connectivity index (χ0) is 23.0. The van der Waals surface area contributed by atoms with E-state index in [-0.39, 0.29) is 12.1 Å². The average Bonchev–Trinajstić information content (AvgIpc) is 2.82. The van der Waals surface area contributed by atoms with E-state index in [0.29, 0.717) is 17.9 Å². The fourth-order valence-electron chi connectivity index (χ4n) is 3.44. The third-order valence-electron chi connectivity index (χ3n) is 5.53. The van der Waals surface area contributed by atoms with Crippen LogP contribution in [0, 0.1) is 0 Å². The summed E-state index contributed by atoms with van der Waals surface area (Å²) in [7, 11) is 0. The first-order valence-corrected chi connectivity index (χ1v) is 12.3. The van der Waals surface area contributed by atoms with Gasteiger partial charge in [0.25, 0.3) is 0 Å². The lowest BCUT2D eigenvalue weighted by atomic mass is 10.1. The van der Waals surface area contributed by atoms with Crippen LogP contribution in [0.1, 0.15) is 101 Å². The second kappa shape index (κ2) is 15.5. The molecule has 4 nitrogen and oxygen atoms in total. The maximum absolute atomic E-state index is 12.4. The van der Waals surface area contributed by atoms with Gasteiger partial charge in [0.2, 0.25) is 0 Å². The van der Waals surface area contributed by atoms with E-state index in [1.807, 2.05) is 43.3 Å². The summed E-state index contributed by atoms with van der Waals surface area (Å²) in [6.07, 6.45) is 10.9. The predicted molar refractivity (Wildman–Crippen MR) is 131 cm³/mol. The van der Waals surface area contributed by atoms with Crippen LogP contribution in [0.5, 0.6) is 11.5 Å². The van der Waals surface area contributed by atoms with Crippen LogP contribution in [0.25, 0.3) is 0 Å². The van der Waals surface area contributed by atoms with E-state index in [0.717, 1.165) is 30.8 Å². The molecule has 2 aromatic rings. The third-order valence-corrected chi connectivity index (χ3v) is 5.53. The second-order valence-electron chi connectivity index (χ2n) is 8.32. The molecule has 0 heterocycles. The molecule has 0 radical (unpaired) electrons. The first-order chi connectivity index (χ1) is 15.6. The van der Waals surface area contributed by atoms with Gasteiger partial charge in [0.1, 0.15) is 11.5 Å². The smallest absolute Gasteiger partial charge is 0.343 e. The van der Waals surface area contributed by atoms with Gasteiger partial charge in [0.15, 0.2) is 0 Å². The molecule has 0 fully saturated rings. The number of carbonyl (C=O) groups is 1. The first kappa shape index (κ1) is 25.9. The van der Waals surface area contributed by atoms with Crippen molar-refractivity contribution in [3.8, 4) is 11.5 Å². The molecule has 0 amide bonds. The van der Waals surface area contributed by atoms with Gasteiger partial charge in [-0.15, -0.1) is 0 Å². The van der Waals surface area contributed by atoms with Crippen LogP contribution in [0.4, 0.5) is 0 Å². The Labute approximate surface area is 194 Å². The number of hydrogen-bond donors (Lipinski definition) is 0. The van der Waals surface area contributed by atoms with Gasteiger partial charge in [-0.05, 0) is 61.7 Å². The summed E-state index contributed by atoms with van der Waals surface area (Å²) in [4.78, 5) is 12.4. The van der Waals surface area contributed by atoms with Crippen LogP contribution >= 0.6 is 0 Å². The molecule has 0 aromatic heterocycles. The van der Waals surface area contributed by atoms with Crippen molar-refractivity contribution >= 4 is 5.97 Å². The molecule has 0 spiro atoms. The summed E-state index contributed by atoms with van der Waals surface area (Å²) in [6, 6.07) is 14.7. The molecule has 0 bridgehead atoms. The summed E-state index contributed by atoms with van der Waals surface area (Å²) in [6.45, 7) is 7.94. The highest BCUT2D eigenvalue weighted by Crippen LogP contribution is 2.22. The quantitative estimate of drug-likeness (QED) is 0.151. The van der Waals surface area contributed by atoms with Gasteiger partial charge < -0.3 is 14.2 Å². The lowest BCUT2D eigenvalue weighted by Crippen LogP contribution is -2.09. The molecule has 0 aliphatic carbocycles. The zero-order valence-electron chi connectivity index (χ0n) is 20.1. The molecule has 1 atom stereocenters. The Bertz CT molecular complexity index is 752. The minimum absolute atomic E-state index is 0.0282. The van der Waals surface area contributed by atoms with E-state index < -0.39 is 0 Å². The Kier molecular flexibility index (Phi) is 12.5. The van der Waals surface area contributed by atoms with Gasteiger partial charge in [-0.1, -0.05) is 70.9 Å². The summed E-state index contributed by atoms with van der Waals surface area (Å²) in [5.41, 5.74) is 1.58. The molecule has 0 saturated heterocycles. The standard InChI is InChI=1S/C28H40O4/c1-4-6-8-9-10-12-22-31-26-17-15-25(16-18-26)28(29)32-27-19-13-24(14-20-27)23(3)30-21-11-7-5-2/h13-20,23H,4-12,21-22H2,1-3H3. The van der Waals surface area contributed by atoms with Crippen LogP contribution in [0.15, 0.2) is 48.5 Å². The molecule has 2 aromatic carbocycles. The molecule has 32 heavy (non-hydrogen) atoms. The summed E-state index contributed by atoms with van der Waals surface area (Å²) in [5.74, 6) is 0.941. The summed E-state index contributed by atoms with van der Waals surface area (Å²) < 4.78 is 17.2. The Morgan fingerprint density at radius 1 is 0.719 bits per heavy atom. The molecule has 0 aliphatic rings. The maximum atomic E-state index is 12.4. The molecular weight excluding hydrogens is 400 g/mol. The van der Waals surface area contributed by atoms with Crippen molar-refractivity contribution in [2.45, 2.75) is 84.7 Å². The summed E-state index contributed by atoms with van der Waals surface area (Å²) in [5, 5.41) is 0. The van der Waals surface area contributed by atoms with Crippen molar-refractivity contribution in [1.82, 2.24) is 0 Å². The molecule has 4 heteroatoms. The largest absolute Gasteiger partial charge is 0.494 e. The zero-order valence-corrected chi connectivity index (χ0v) is 20.1. The molecule has 0 saturated carbocycles. The fourth-order valence-corrected chi connectivity index (χ4v) is 3.44. The monoisotopic (exact) mass is 440 g/mol. The minimum Gasteiger partial charge on any atom is -0.494 e. The van der Waals surface area contributed by atoms with E-state index in [1.54, 1.807) is 12.1 Å². The van der Waals surface area contributed by atoms with Crippen molar-refractivity contribution in [3.05, 3.63) is 59.7 Å². The van der Waals surface area contributed by atoms with Gasteiger partial charge in [-0.25, -0.2) is 4.79 Å². The number of ether oxygens (including phenoxy) is 3. The number of esters is 1. The summed E-state index contributed by atoms with van der Waals surface area (Å²) >= 11 is 0. The molecule has 2 rings (SSSR count). The van der Waals surface area contributed by atoms with Crippen LogP contribution in [-0.2, 0) is 4.74 Å². The predicted octanol–water partition coefficient (Wildman–Crippen LogP) is 7.91. The Balaban J connectivity index is 1.74. The third kappa shape index (κ3) is 9.86. The van der Waals surface area contributed by atoms with Crippen molar-refractivity contribution in [3.63, 3.8) is 0 Å². The highest BCUT2D eigenvalue weighted by Gasteiger charge is 2.10. The minimum atomic E-state index is -0.371. The molecule has 0 N–H and O–H groups in total. The van der Waals surface area contributed by atoms with Crippen molar-refractivity contribution in [2.75, 3.05) is 13.2 Å². The van der Waals surface area contributed by atoms with Crippen LogP contribution < -0.4 is 9.47 Å². The second-order valence-corrected chi connectivity index (χ2v) is 8.32. The van der Waals surface area contributed by atoms with Crippen LogP contribution in [0.2, 0.25) is 0 Å². The highest BCUT2D eigenvalue weighted by molar-refractivity contribution is 5.91. The van der Waals surface area contributed by atoms with Gasteiger partial charge in [-0.3, -0.25) is 0 Å². The van der Waals surface area contributed by atoms with Crippen molar-refractivity contribution in [1.29, 1.82) is 0 Å². The van der Waals surface area contributed by atoms with E-state index in [2.05, 4.69) is 13.8 Å². The van der Waals surface area contributed by atoms with E-state index in [9.17, 15) is 4.79 Å². The van der Waals surface area contributed by atoms with E-state index >= 15 is 0 Å². The Morgan fingerprint density at radius 3 is 1.97 bits per heavy atom. The Hall–Kier alpha value is -2.33. The van der Waals surface area contributed by atoms with Crippen LogP contribution in [-0.4, -0.2) is 19.2 Å². The van der Waals surface area contributed by atoms with E-state index in [1.165, 1.54) is 44.9 Å². The molecular formula is C28H40O4. The van der Waals surface area contributed by atoms with Crippen LogP contribution in [0.3, 0.4) is 0 Å². The Morgan fingerprint density at radius 2 is 1.28 bits per heavy atom. The fraction of sp³-hybridized carbons (Fsp3) is 0.536.